The molecule has 0 bridgehead atoms. The van der Waals surface area contributed by atoms with Crippen LogP contribution in [0.2, 0.25) is 10.0 Å². The van der Waals surface area contributed by atoms with E-state index in [4.69, 9.17) is 32.7 Å². The largest absolute Gasteiger partial charge is 0.493 e. The minimum absolute atomic E-state index is 0.262. The van der Waals surface area contributed by atoms with Gasteiger partial charge in [0.2, 0.25) is 0 Å². The molecule has 3 nitrogen and oxygen atoms in total. The number of allylic oxidation sites excluding steroid dienone is 1. The first kappa shape index (κ1) is 20.8. The van der Waals surface area contributed by atoms with Crippen LogP contribution < -0.4 is 9.47 Å². The first-order chi connectivity index (χ1) is 14.0. The SMILES string of the molecule is COc1cc(/C=C(\C#N)c2ccc(C)cc2)cc(Cl)c1OCc1ccccc1Cl. The molecule has 0 fully saturated rings. The fraction of sp³-hybridized carbons (Fsp3) is 0.125. The summed E-state index contributed by atoms with van der Waals surface area (Å²) in [5.41, 5.74) is 4.10. The zero-order chi connectivity index (χ0) is 20.8. The van der Waals surface area contributed by atoms with Crippen LogP contribution in [0.1, 0.15) is 22.3 Å². The monoisotopic (exact) mass is 423 g/mol. The second kappa shape index (κ2) is 9.52. The molecule has 0 spiro atoms. The molecular formula is C24H19Cl2NO2. The van der Waals surface area contributed by atoms with E-state index < -0.39 is 0 Å². The van der Waals surface area contributed by atoms with Gasteiger partial charge in [-0.2, -0.15) is 5.26 Å². The first-order valence-electron chi connectivity index (χ1n) is 8.94. The molecule has 0 unspecified atom stereocenters. The predicted octanol–water partition coefficient (Wildman–Crippen LogP) is 6.95. The molecule has 0 aromatic heterocycles. The average molecular weight is 424 g/mol. The van der Waals surface area contributed by atoms with Gasteiger partial charge in [-0.3, -0.25) is 0 Å². The smallest absolute Gasteiger partial charge is 0.180 e. The van der Waals surface area contributed by atoms with Gasteiger partial charge in [0.25, 0.3) is 0 Å². The Labute approximate surface area is 180 Å². The summed E-state index contributed by atoms with van der Waals surface area (Å²) < 4.78 is 11.4. The van der Waals surface area contributed by atoms with Crippen molar-refractivity contribution in [1.82, 2.24) is 0 Å². The standard InChI is InChI=1S/C24H19Cl2NO2/c1-16-7-9-18(10-8-16)20(14-27)11-17-12-22(26)24(23(13-17)28-2)29-15-19-5-3-4-6-21(19)25/h3-13H,15H2,1-2H3/b20-11+. The predicted molar refractivity (Wildman–Crippen MR) is 118 cm³/mol. The van der Waals surface area contributed by atoms with Crippen molar-refractivity contribution >= 4 is 34.9 Å². The Morgan fingerprint density at radius 3 is 2.41 bits per heavy atom. The van der Waals surface area contributed by atoms with Crippen LogP contribution in [0.25, 0.3) is 11.6 Å². The molecule has 0 aliphatic carbocycles. The molecule has 0 atom stereocenters. The van der Waals surface area contributed by atoms with Crippen LogP contribution in [0.15, 0.2) is 60.7 Å². The molecule has 3 rings (SSSR count). The zero-order valence-electron chi connectivity index (χ0n) is 16.1. The van der Waals surface area contributed by atoms with Crippen molar-refractivity contribution in [1.29, 1.82) is 5.26 Å². The van der Waals surface area contributed by atoms with Gasteiger partial charge in [0.05, 0.1) is 23.8 Å². The van der Waals surface area contributed by atoms with Crippen molar-refractivity contribution < 1.29 is 9.47 Å². The number of halogens is 2. The quantitative estimate of drug-likeness (QED) is 0.318. The van der Waals surface area contributed by atoms with Gasteiger partial charge in [0.15, 0.2) is 11.5 Å². The number of benzene rings is 3. The lowest BCUT2D eigenvalue weighted by Gasteiger charge is -2.14. The lowest BCUT2D eigenvalue weighted by Crippen LogP contribution is -1.99. The van der Waals surface area contributed by atoms with Crippen LogP contribution in [-0.4, -0.2) is 7.11 Å². The van der Waals surface area contributed by atoms with Crippen molar-refractivity contribution in [3.8, 4) is 17.6 Å². The number of hydrogen-bond donors (Lipinski definition) is 0. The van der Waals surface area contributed by atoms with Crippen LogP contribution in [0, 0.1) is 18.3 Å². The van der Waals surface area contributed by atoms with Gasteiger partial charge < -0.3 is 9.47 Å². The average Bonchev–Trinajstić information content (AvgIpc) is 2.72. The van der Waals surface area contributed by atoms with Gasteiger partial charge in [-0.05, 0) is 42.3 Å². The third-order valence-corrected chi connectivity index (χ3v) is 5.03. The Morgan fingerprint density at radius 2 is 1.76 bits per heavy atom. The van der Waals surface area contributed by atoms with Gasteiger partial charge >= 0.3 is 0 Å². The van der Waals surface area contributed by atoms with E-state index in [1.165, 1.54) is 0 Å². The molecule has 5 heteroatoms. The van der Waals surface area contributed by atoms with Gasteiger partial charge in [-0.1, -0.05) is 71.2 Å². The molecule has 146 valence electrons. The number of aryl methyl sites for hydroxylation is 1. The summed E-state index contributed by atoms with van der Waals surface area (Å²) in [5, 5.41) is 10.6. The van der Waals surface area contributed by atoms with Crippen molar-refractivity contribution in [3.63, 3.8) is 0 Å². The number of ether oxygens (including phenoxy) is 2. The van der Waals surface area contributed by atoms with E-state index >= 15 is 0 Å². The number of nitriles is 1. The van der Waals surface area contributed by atoms with E-state index in [1.54, 1.807) is 25.3 Å². The van der Waals surface area contributed by atoms with E-state index in [0.29, 0.717) is 27.1 Å². The highest BCUT2D eigenvalue weighted by Gasteiger charge is 2.13. The molecule has 0 saturated heterocycles. The van der Waals surface area contributed by atoms with E-state index in [-0.39, 0.29) is 6.61 Å². The highest BCUT2D eigenvalue weighted by atomic mass is 35.5. The number of nitrogens with zero attached hydrogens (tertiary/aromatic N) is 1. The molecule has 29 heavy (non-hydrogen) atoms. The second-order valence-corrected chi connectivity index (χ2v) is 7.26. The van der Waals surface area contributed by atoms with Crippen LogP contribution in [0.3, 0.4) is 0 Å². The molecular weight excluding hydrogens is 405 g/mol. The second-order valence-electron chi connectivity index (χ2n) is 6.45. The Bertz CT molecular complexity index is 1080. The Morgan fingerprint density at radius 1 is 1.03 bits per heavy atom. The minimum atomic E-state index is 0.262. The molecule has 0 heterocycles. The molecule has 0 N–H and O–H groups in total. The maximum atomic E-state index is 9.58. The van der Waals surface area contributed by atoms with E-state index in [9.17, 15) is 5.26 Å². The minimum Gasteiger partial charge on any atom is -0.493 e. The van der Waals surface area contributed by atoms with E-state index in [1.807, 2.05) is 55.5 Å². The summed E-state index contributed by atoms with van der Waals surface area (Å²) in [7, 11) is 1.55. The van der Waals surface area contributed by atoms with Gasteiger partial charge in [-0.15, -0.1) is 0 Å². The molecule has 0 aliphatic heterocycles. The molecule has 3 aromatic carbocycles. The third-order valence-electron chi connectivity index (χ3n) is 4.38. The van der Waals surface area contributed by atoms with Crippen LogP contribution in [-0.2, 0) is 6.61 Å². The third kappa shape index (κ3) is 5.12. The maximum Gasteiger partial charge on any atom is 0.180 e. The summed E-state index contributed by atoms with van der Waals surface area (Å²) in [6.07, 6.45) is 1.77. The fourth-order valence-corrected chi connectivity index (χ4v) is 3.27. The van der Waals surface area contributed by atoms with E-state index in [0.717, 1.165) is 22.3 Å². The van der Waals surface area contributed by atoms with Crippen molar-refractivity contribution in [2.75, 3.05) is 7.11 Å². The number of methoxy groups -OCH3 is 1. The Balaban J connectivity index is 1.90. The van der Waals surface area contributed by atoms with Crippen LogP contribution in [0.5, 0.6) is 11.5 Å². The highest BCUT2D eigenvalue weighted by Crippen LogP contribution is 2.38. The summed E-state index contributed by atoms with van der Waals surface area (Å²) in [6, 6.07) is 21.0. The topological polar surface area (TPSA) is 42.2 Å². The molecule has 0 amide bonds. The molecule has 3 aromatic rings. The molecule has 0 saturated carbocycles. The van der Waals surface area contributed by atoms with Gasteiger partial charge in [-0.25, -0.2) is 0 Å². The van der Waals surface area contributed by atoms with Crippen molar-refractivity contribution in [2.45, 2.75) is 13.5 Å². The van der Waals surface area contributed by atoms with Crippen LogP contribution in [0.4, 0.5) is 0 Å². The lowest BCUT2D eigenvalue weighted by atomic mass is 10.0. The summed E-state index contributed by atoms with van der Waals surface area (Å²) in [5.74, 6) is 0.914. The summed E-state index contributed by atoms with van der Waals surface area (Å²) >= 11 is 12.7. The van der Waals surface area contributed by atoms with Crippen molar-refractivity contribution in [2.24, 2.45) is 0 Å². The van der Waals surface area contributed by atoms with Gasteiger partial charge in [0, 0.05) is 10.6 Å². The highest BCUT2D eigenvalue weighted by molar-refractivity contribution is 6.32. The Kier molecular flexibility index (Phi) is 6.82. The first-order valence-corrected chi connectivity index (χ1v) is 9.70. The zero-order valence-corrected chi connectivity index (χ0v) is 17.6. The van der Waals surface area contributed by atoms with Crippen molar-refractivity contribution in [3.05, 3.63) is 93.0 Å². The summed E-state index contributed by atoms with van der Waals surface area (Å²) in [4.78, 5) is 0. The lowest BCUT2D eigenvalue weighted by molar-refractivity contribution is 0.285. The normalized spacial score (nSPS) is 11.1. The number of rotatable bonds is 6. The van der Waals surface area contributed by atoms with E-state index in [2.05, 4.69) is 6.07 Å². The maximum absolute atomic E-state index is 9.58. The number of hydrogen-bond acceptors (Lipinski definition) is 3. The molecule has 0 radical (unpaired) electrons. The summed E-state index contributed by atoms with van der Waals surface area (Å²) in [6.45, 7) is 2.27. The Hall–Kier alpha value is -2.93. The fourth-order valence-electron chi connectivity index (χ4n) is 2.81. The van der Waals surface area contributed by atoms with Gasteiger partial charge in [0.1, 0.15) is 6.61 Å². The molecule has 0 aliphatic rings. The van der Waals surface area contributed by atoms with Crippen LogP contribution >= 0.6 is 23.2 Å².